The van der Waals surface area contributed by atoms with Gasteiger partial charge in [0.15, 0.2) is 0 Å². The highest BCUT2D eigenvalue weighted by Crippen LogP contribution is 2.31. The van der Waals surface area contributed by atoms with Crippen molar-refractivity contribution in [1.29, 1.82) is 0 Å². The van der Waals surface area contributed by atoms with Crippen LogP contribution in [-0.4, -0.2) is 38.7 Å². The number of hydrogen-bond acceptors (Lipinski definition) is 5. The smallest absolute Gasteiger partial charge is 0.404 e. The molecule has 31 heavy (non-hydrogen) atoms. The predicted molar refractivity (Wildman–Crippen MR) is 106 cm³/mol. The molecule has 0 spiro atoms. The topological polar surface area (TPSA) is 70.7 Å². The maximum absolute atomic E-state index is 13.4. The molecule has 1 heterocycles. The number of nitrogens with zero attached hydrogens (tertiary/aromatic N) is 1. The van der Waals surface area contributed by atoms with E-state index in [1.807, 2.05) is 6.07 Å². The zero-order valence-electron chi connectivity index (χ0n) is 16.7. The second-order valence-electron chi connectivity index (χ2n) is 7.29. The summed E-state index contributed by atoms with van der Waals surface area (Å²) in [4.78, 5) is -0.540. The van der Waals surface area contributed by atoms with Crippen LogP contribution in [0.2, 0.25) is 0 Å². The van der Waals surface area contributed by atoms with Crippen LogP contribution in [0, 0.1) is 5.82 Å². The van der Waals surface area contributed by atoms with Crippen molar-refractivity contribution >= 4 is 10.0 Å². The van der Waals surface area contributed by atoms with Crippen molar-refractivity contribution in [2.45, 2.75) is 42.6 Å². The third kappa shape index (κ3) is 6.16. The summed E-state index contributed by atoms with van der Waals surface area (Å²) in [6, 6.07) is 10.9. The molecule has 1 saturated heterocycles. The largest absolute Gasteiger partial charge is 0.573 e. The summed E-state index contributed by atoms with van der Waals surface area (Å²) in [6.45, 7) is 0.117. The van der Waals surface area contributed by atoms with Crippen LogP contribution in [0.3, 0.4) is 0 Å². The maximum atomic E-state index is 13.4. The lowest BCUT2D eigenvalue weighted by Crippen LogP contribution is -2.33. The van der Waals surface area contributed by atoms with Crippen LogP contribution in [0.4, 0.5) is 17.6 Å². The average molecular weight is 461 g/mol. The van der Waals surface area contributed by atoms with Gasteiger partial charge >= 0.3 is 6.36 Å². The summed E-state index contributed by atoms with van der Waals surface area (Å²) in [6.07, 6.45) is -3.20. The highest BCUT2D eigenvalue weighted by atomic mass is 32.2. The number of sulfonamides is 1. The Morgan fingerprint density at radius 1 is 1.13 bits per heavy atom. The lowest BCUT2D eigenvalue weighted by molar-refractivity contribution is -0.275. The number of benzene rings is 2. The first kappa shape index (κ1) is 23.5. The lowest BCUT2D eigenvalue weighted by Gasteiger charge is -2.20. The summed E-state index contributed by atoms with van der Waals surface area (Å²) in [5, 5.41) is 0. The van der Waals surface area contributed by atoms with E-state index in [1.54, 1.807) is 6.07 Å². The molecule has 3 rings (SSSR count). The summed E-state index contributed by atoms with van der Waals surface area (Å²) in [5.74, 6) is -1.08. The fourth-order valence-corrected chi connectivity index (χ4v) is 4.79. The Morgan fingerprint density at radius 2 is 1.87 bits per heavy atom. The number of rotatable bonds is 8. The fraction of sp³-hybridized carbons (Fsp3) is 0.400. The minimum absolute atomic E-state index is 0.0465. The van der Waals surface area contributed by atoms with Crippen molar-refractivity contribution in [3.8, 4) is 5.75 Å². The van der Waals surface area contributed by atoms with E-state index in [9.17, 15) is 26.0 Å². The molecular formula is C20H23F4N3O3S. The molecule has 1 aliphatic rings. The number of hydrazine groups is 1. The first-order chi connectivity index (χ1) is 14.6. The quantitative estimate of drug-likeness (QED) is 0.587. The lowest BCUT2D eigenvalue weighted by atomic mass is 10.00. The van der Waals surface area contributed by atoms with Gasteiger partial charge in [-0.15, -0.1) is 13.2 Å². The Labute approximate surface area is 178 Å². The monoisotopic (exact) mass is 461 g/mol. The standard InChI is InChI=1S/C20H23F4N3O3S/c1-27(31(28,29)19-10-3-2-9-18(19)30-20(22,23)24)11-5-8-16-13-17(26-25-16)14-6-4-7-15(21)12-14/h2-4,6-7,9-10,12,16-17,25-26H,5,8,11,13H2,1H3. The van der Waals surface area contributed by atoms with E-state index in [1.165, 1.54) is 31.3 Å². The Balaban J connectivity index is 1.56. The Kier molecular flexibility index (Phi) is 7.20. The van der Waals surface area contributed by atoms with Crippen LogP contribution in [0.1, 0.15) is 30.9 Å². The minimum atomic E-state index is -5.00. The molecular weight excluding hydrogens is 438 g/mol. The number of halogens is 4. The second kappa shape index (κ2) is 9.51. The van der Waals surface area contributed by atoms with E-state index in [4.69, 9.17) is 0 Å². The van der Waals surface area contributed by atoms with Gasteiger partial charge in [0.2, 0.25) is 10.0 Å². The Hall–Kier alpha value is -2.21. The van der Waals surface area contributed by atoms with Gasteiger partial charge in [-0.05, 0) is 49.1 Å². The van der Waals surface area contributed by atoms with Gasteiger partial charge in [-0.3, -0.25) is 10.9 Å². The SMILES string of the molecule is CN(CCCC1CC(c2cccc(F)c2)NN1)S(=O)(=O)c1ccccc1OC(F)(F)F. The highest BCUT2D eigenvalue weighted by molar-refractivity contribution is 7.89. The van der Waals surface area contributed by atoms with Gasteiger partial charge in [0.25, 0.3) is 0 Å². The molecule has 0 aromatic heterocycles. The van der Waals surface area contributed by atoms with Gasteiger partial charge in [0.05, 0.1) is 0 Å². The van der Waals surface area contributed by atoms with E-state index in [-0.39, 0.29) is 24.4 Å². The van der Waals surface area contributed by atoms with Crippen LogP contribution in [0.15, 0.2) is 53.4 Å². The van der Waals surface area contributed by atoms with Crippen LogP contribution in [0.5, 0.6) is 5.75 Å². The highest BCUT2D eigenvalue weighted by Gasteiger charge is 2.35. The van der Waals surface area contributed by atoms with Gasteiger partial charge in [-0.25, -0.2) is 17.1 Å². The van der Waals surface area contributed by atoms with Gasteiger partial charge in [0.1, 0.15) is 16.5 Å². The molecule has 11 heteroatoms. The first-order valence-corrected chi connectivity index (χ1v) is 11.1. The molecule has 2 N–H and O–H groups in total. The van der Waals surface area contributed by atoms with E-state index in [2.05, 4.69) is 15.6 Å². The molecule has 2 atom stereocenters. The molecule has 0 saturated carbocycles. The Bertz CT molecular complexity index is 1000. The van der Waals surface area contributed by atoms with Gasteiger partial charge in [-0.1, -0.05) is 24.3 Å². The molecule has 0 radical (unpaired) electrons. The maximum Gasteiger partial charge on any atom is 0.573 e. The van der Waals surface area contributed by atoms with E-state index in [0.29, 0.717) is 19.3 Å². The fourth-order valence-electron chi connectivity index (χ4n) is 3.47. The second-order valence-corrected chi connectivity index (χ2v) is 9.31. The third-order valence-corrected chi connectivity index (χ3v) is 6.92. The molecule has 2 aromatic carbocycles. The number of nitrogens with one attached hydrogen (secondary N) is 2. The number of para-hydroxylation sites is 1. The van der Waals surface area contributed by atoms with Gasteiger partial charge in [0, 0.05) is 25.7 Å². The molecule has 6 nitrogen and oxygen atoms in total. The van der Waals surface area contributed by atoms with Crippen LogP contribution >= 0.6 is 0 Å². The molecule has 170 valence electrons. The molecule has 1 fully saturated rings. The first-order valence-electron chi connectivity index (χ1n) is 9.64. The molecule has 2 unspecified atom stereocenters. The molecule has 0 amide bonds. The number of ether oxygens (including phenoxy) is 1. The van der Waals surface area contributed by atoms with Crippen molar-refractivity contribution in [1.82, 2.24) is 15.2 Å². The summed E-state index contributed by atoms with van der Waals surface area (Å²) >= 11 is 0. The molecule has 0 aliphatic carbocycles. The summed E-state index contributed by atoms with van der Waals surface area (Å²) in [5.41, 5.74) is 7.04. The van der Waals surface area contributed by atoms with Crippen LogP contribution in [-0.2, 0) is 10.0 Å². The zero-order valence-corrected chi connectivity index (χ0v) is 17.5. The summed E-state index contributed by atoms with van der Waals surface area (Å²) < 4.78 is 81.6. The van der Waals surface area contributed by atoms with E-state index in [0.717, 1.165) is 22.0 Å². The van der Waals surface area contributed by atoms with Crippen molar-refractivity contribution in [3.05, 3.63) is 59.9 Å². The van der Waals surface area contributed by atoms with Gasteiger partial charge in [-0.2, -0.15) is 0 Å². The molecule has 2 aromatic rings. The number of hydrogen-bond donors (Lipinski definition) is 2. The Morgan fingerprint density at radius 3 is 2.58 bits per heavy atom. The van der Waals surface area contributed by atoms with Crippen molar-refractivity contribution in [2.24, 2.45) is 0 Å². The zero-order chi connectivity index (χ0) is 22.6. The van der Waals surface area contributed by atoms with Crippen molar-refractivity contribution in [3.63, 3.8) is 0 Å². The van der Waals surface area contributed by atoms with Gasteiger partial charge < -0.3 is 4.74 Å². The van der Waals surface area contributed by atoms with Crippen LogP contribution in [0.25, 0.3) is 0 Å². The normalized spacial score (nSPS) is 19.7. The molecule has 0 bridgehead atoms. The average Bonchev–Trinajstić information content (AvgIpc) is 3.16. The minimum Gasteiger partial charge on any atom is -0.404 e. The van der Waals surface area contributed by atoms with Crippen molar-refractivity contribution < 1.29 is 30.7 Å². The van der Waals surface area contributed by atoms with Crippen LogP contribution < -0.4 is 15.6 Å². The number of alkyl halides is 3. The third-order valence-electron chi connectivity index (χ3n) is 5.02. The predicted octanol–water partition coefficient (Wildman–Crippen LogP) is 3.73. The molecule has 1 aliphatic heterocycles. The summed E-state index contributed by atoms with van der Waals surface area (Å²) in [7, 11) is -2.85. The van der Waals surface area contributed by atoms with E-state index >= 15 is 0 Å². The van der Waals surface area contributed by atoms with Crippen molar-refractivity contribution in [2.75, 3.05) is 13.6 Å². The van der Waals surface area contributed by atoms with E-state index < -0.39 is 27.0 Å².